The van der Waals surface area contributed by atoms with Crippen molar-refractivity contribution in [1.82, 2.24) is 10.6 Å². The van der Waals surface area contributed by atoms with Gasteiger partial charge in [0.15, 0.2) is 0 Å². The predicted octanol–water partition coefficient (Wildman–Crippen LogP) is 1.80. The van der Waals surface area contributed by atoms with Gasteiger partial charge in [-0.1, -0.05) is 23.7 Å². The molecule has 2 unspecified atom stereocenters. The topological polar surface area (TPSA) is 50.4 Å². The van der Waals surface area contributed by atoms with Crippen LogP contribution in [-0.4, -0.2) is 39.3 Å². The van der Waals surface area contributed by atoms with Crippen LogP contribution in [0.3, 0.4) is 0 Å². The third kappa shape index (κ3) is 4.47. The first-order chi connectivity index (χ1) is 9.72. The van der Waals surface area contributed by atoms with Crippen LogP contribution in [0.15, 0.2) is 24.3 Å². The number of hydrogen-bond acceptors (Lipinski definition) is 3. The number of carbonyl (C=O) groups is 1. The van der Waals surface area contributed by atoms with Gasteiger partial charge in [0.25, 0.3) is 0 Å². The Hall–Kier alpha value is -1.10. The summed E-state index contributed by atoms with van der Waals surface area (Å²) in [5.41, 5.74) is 1.16. The van der Waals surface area contributed by atoms with Gasteiger partial charge in [0, 0.05) is 37.7 Å². The van der Waals surface area contributed by atoms with Crippen LogP contribution in [0.1, 0.15) is 17.9 Å². The lowest BCUT2D eigenvalue weighted by Gasteiger charge is -2.06. The van der Waals surface area contributed by atoms with Crippen molar-refractivity contribution in [3.63, 3.8) is 0 Å². The fraction of sp³-hybridized carbons (Fsp3) is 0.533. The second-order valence-electron chi connectivity index (χ2n) is 5.04. The minimum atomic E-state index is 0.104. The third-order valence-corrected chi connectivity index (χ3v) is 3.72. The van der Waals surface area contributed by atoms with Gasteiger partial charge in [-0.3, -0.25) is 4.79 Å². The number of ether oxygens (including phenoxy) is 1. The molecule has 1 aromatic carbocycles. The Morgan fingerprint density at radius 1 is 1.40 bits per heavy atom. The highest BCUT2D eigenvalue weighted by Gasteiger charge is 2.43. The first-order valence-corrected chi connectivity index (χ1v) is 7.33. The molecule has 0 bridgehead atoms. The summed E-state index contributed by atoms with van der Waals surface area (Å²) < 4.78 is 4.93. The number of nitrogens with one attached hydrogen (secondary N) is 2. The van der Waals surface area contributed by atoms with Crippen LogP contribution in [0.25, 0.3) is 0 Å². The molecule has 1 fully saturated rings. The Labute approximate surface area is 124 Å². The van der Waals surface area contributed by atoms with E-state index in [4.69, 9.17) is 16.3 Å². The van der Waals surface area contributed by atoms with Gasteiger partial charge in [-0.2, -0.15) is 0 Å². The maximum Gasteiger partial charge on any atom is 0.223 e. The molecule has 4 nitrogen and oxygen atoms in total. The average Bonchev–Trinajstić information content (AvgIpc) is 3.23. The van der Waals surface area contributed by atoms with Crippen molar-refractivity contribution in [1.29, 1.82) is 0 Å². The first kappa shape index (κ1) is 15.3. The van der Waals surface area contributed by atoms with Gasteiger partial charge in [0.05, 0.1) is 6.61 Å². The molecule has 5 heteroatoms. The molecule has 1 aliphatic rings. The van der Waals surface area contributed by atoms with Gasteiger partial charge in [-0.15, -0.1) is 0 Å². The molecular formula is C15H21ClN2O2. The summed E-state index contributed by atoms with van der Waals surface area (Å²) in [6.07, 6.45) is 0.920. The minimum Gasteiger partial charge on any atom is -0.383 e. The van der Waals surface area contributed by atoms with Gasteiger partial charge in [-0.25, -0.2) is 0 Å². The van der Waals surface area contributed by atoms with Crippen LogP contribution in [-0.2, 0) is 9.53 Å². The fourth-order valence-corrected chi connectivity index (χ4v) is 2.49. The Kier molecular flexibility index (Phi) is 5.83. The van der Waals surface area contributed by atoms with E-state index in [-0.39, 0.29) is 11.8 Å². The highest BCUT2D eigenvalue weighted by atomic mass is 35.5. The first-order valence-electron chi connectivity index (χ1n) is 6.95. The summed E-state index contributed by atoms with van der Waals surface area (Å²) >= 11 is 5.97. The van der Waals surface area contributed by atoms with E-state index in [9.17, 15) is 4.79 Å². The molecule has 0 aliphatic heterocycles. The van der Waals surface area contributed by atoms with Crippen molar-refractivity contribution >= 4 is 17.5 Å². The molecule has 1 aromatic rings. The molecule has 0 radical (unpaired) electrons. The molecule has 2 N–H and O–H groups in total. The molecule has 1 saturated carbocycles. The van der Waals surface area contributed by atoms with Crippen LogP contribution >= 0.6 is 11.6 Å². The lowest BCUT2D eigenvalue weighted by molar-refractivity contribution is -0.122. The zero-order valence-corrected chi connectivity index (χ0v) is 12.5. The molecule has 1 amide bonds. The number of benzene rings is 1. The van der Waals surface area contributed by atoms with Crippen LogP contribution < -0.4 is 10.6 Å². The molecule has 0 heterocycles. The van der Waals surface area contributed by atoms with Crippen molar-refractivity contribution in [2.45, 2.75) is 12.3 Å². The minimum absolute atomic E-state index is 0.104. The van der Waals surface area contributed by atoms with E-state index in [1.165, 1.54) is 0 Å². The number of rotatable bonds is 8. The standard InChI is InChI=1S/C15H21ClN2O2/c1-20-8-7-17-5-6-18-15(19)14-10-13(14)11-3-2-4-12(16)9-11/h2-4,9,13-14,17H,5-8,10H2,1H3,(H,18,19). The summed E-state index contributed by atoms with van der Waals surface area (Å²) in [5.74, 6) is 0.575. The molecule has 2 atom stereocenters. The maximum atomic E-state index is 12.0. The molecule has 0 spiro atoms. The van der Waals surface area contributed by atoms with Gasteiger partial charge in [0.2, 0.25) is 5.91 Å². The van der Waals surface area contributed by atoms with E-state index in [2.05, 4.69) is 10.6 Å². The summed E-state index contributed by atoms with van der Waals surface area (Å²) in [6.45, 7) is 2.92. The van der Waals surface area contributed by atoms with Gasteiger partial charge in [-0.05, 0) is 30.0 Å². The smallest absolute Gasteiger partial charge is 0.223 e. The molecule has 1 aliphatic carbocycles. The monoisotopic (exact) mass is 296 g/mol. The third-order valence-electron chi connectivity index (χ3n) is 3.49. The van der Waals surface area contributed by atoms with Crippen molar-refractivity contribution < 1.29 is 9.53 Å². The lowest BCUT2D eigenvalue weighted by atomic mass is 10.1. The Bertz CT molecular complexity index is 453. The van der Waals surface area contributed by atoms with Crippen molar-refractivity contribution in [2.24, 2.45) is 5.92 Å². The maximum absolute atomic E-state index is 12.0. The van der Waals surface area contributed by atoms with Crippen LogP contribution in [0, 0.1) is 5.92 Å². The van der Waals surface area contributed by atoms with Gasteiger partial charge < -0.3 is 15.4 Å². The quantitative estimate of drug-likeness (QED) is 0.719. The fourth-order valence-electron chi connectivity index (χ4n) is 2.29. The summed E-state index contributed by atoms with van der Waals surface area (Å²) in [6, 6.07) is 7.78. The highest BCUT2D eigenvalue weighted by molar-refractivity contribution is 6.30. The van der Waals surface area contributed by atoms with E-state index in [1.807, 2.05) is 24.3 Å². The van der Waals surface area contributed by atoms with Gasteiger partial charge >= 0.3 is 0 Å². The van der Waals surface area contributed by atoms with Gasteiger partial charge in [0.1, 0.15) is 0 Å². The highest BCUT2D eigenvalue weighted by Crippen LogP contribution is 2.47. The second-order valence-corrected chi connectivity index (χ2v) is 5.47. The van der Waals surface area contributed by atoms with Crippen molar-refractivity contribution in [3.8, 4) is 0 Å². The number of halogens is 1. The predicted molar refractivity (Wildman–Crippen MR) is 80.1 cm³/mol. The second kappa shape index (κ2) is 7.62. The number of amides is 1. The number of methoxy groups -OCH3 is 1. The molecule has 20 heavy (non-hydrogen) atoms. The summed E-state index contributed by atoms with van der Waals surface area (Å²) in [5, 5.41) is 6.89. The van der Waals surface area contributed by atoms with E-state index in [0.29, 0.717) is 19.1 Å². The van der Waals surface area contributed by atoms with Crippen molar-refractivity contribution in [3.05, 3.63) is 34.9 Å². The molecule has 110 valence electrons. The van der Waals surface area contributed by atoms with Crippen molar-refractivity contribution in [2.75, 3.05) is 33.4 Å². The molecule has 0 aromatic heterocycles. The van der Waals surface area contributed by atoms with E-state index in [0.717, 1.165) is 30.1 Å². The number of hydrogen-bond donors (Lipinski definition) is 2. The molecule has 0 saturated heterocycles. The Morgan fingerprint density at radius 2 is 2.25 bits per heavy atom. The molecule has 2 rings (SSSR count). The van der Waals surface area contributed by atoms with Crippen LogP contribution in [0.5, 0.6) is 0 Å². The average molecular weight is 297 g/mol. The van der Waals surface area contributed by atoms with Crippen LogP contribution in [0.2, 0.25) is 5.02 Å². The lowest BCUT2D eigenvalue weighted by Crippen LogP contribution is -2.34. The molecular weight excluding hydrogens is 276 g/mol. The van der Waals surface area contributed by atoms with Crippen LogP contribution in [0.4, 0.5) is 0 Å². The zero-order valence-electron chi connectivity index (χ0n) is 11.7. The van der Waals surface area contributed by atoms with E-state index in [1.54, 1.807) is 7.11 Å². The number of carbonyl (C=O) groups excluding carboxylic acids is 1. The normalized spacial score (nSPS) is 20.7. The summed E-state index contributed by atoms with van der Waals surface area (Å²) in [7, 11) is 1.67. The summed E-state index contributed by atoms with van der Waals surface area (Å²) in [4.78, 5) is 12.0. The van der Waals surface area contributed by atoms with E-state index >= 15 is 0 Å². The Balaban J connectivity index is 1.66. The SMILES string of the molecule is COCCNCCNC(=O)C1CC1c1cccc(Cl)c1. The largest absolute Gasteiger partial charge is 0.383 e. The van der Waals surface area contributed by atoms with E-state index < -0.39 is 0 Å². The Morgan fingerprint density at radius 3 is 3.00 bits per heavy atom. The zero-order chi connectivity index (χ0) is 14.4.